The largest absolute Gasteiger partial charge is 0.379 e. The molecule has 5 nitrogen and oxygen atoms in total. The second-order valence-electron chi connectivity index (χ2n) is 5.45. The summed E-state index contributed by atoms with van der Waals surface area (Å²) in [6.45, 7) is 8.49. The maximum Gasteiger partial charge on any atom is 0.221 e. The van der Waals surface area contributed by atoms with Gasteiger partial charge >= 0.3 is 0 Å². The van der Waals surface area contributed by atoms with Gasteiger partial charge in [-0.25, -0.2) is 4.98 Å². The number of aromatic nitrogens is 2. The van der Waals surface area contributed by atoms with Crippen molar-refractivity contribution in [1.82, 2.24) is 9.55 Å². The summed E-state index contributed by atoms with van der Waals surface area (Å²) in [4.78, 5) is 15.3. The molecule has 5 heteroatoms. The van der Waals surface area contributed by atoms with E-state index in [9.17, 15) is 4.79 Å². The first kappa shape index (κ1) is 15.1. The fourth-order valence-corrected chi connectivity index (χ4v) is 2.23. The minimum atomic E-state index is -0.0559. The third-order valence-corrected chi connectivity index (χ3v) is 3.31. The number of nitrogens with one attached hydrogen (secondary N) is 2. The molecule has 1 amide bonds. The van der Waals surface area contributed by atoms with E-state index in [1.54, 1.807) is 0 Å². The summed E-state index contributed by atoms with van der Waals surface area (Å²) in [7, 11) is 0. The fourth-order valence-electron chi connectivity index (χ4n) is 2.23. The highest BCUT2D eigenvalue weighted by atomic mass is 16.1. The van der Waals surface area contributed by atoms with Gasteiger partial charge in [-0.3, -0.25) is 4.79 Å². The van der Waals surface area contributed by atoms with E-state index in [4.69, 9.17) is 0 Å². The Labute approximate surface area is 125 Å². The van der Waals surface area contributed by atoms with E-state index >= 15 is 0 Å². The van der Waals surface area contributed by atoms with Crippen LogP contribution >= 0.6 is 0 Å². The molecule has 1 aromatic carbocycles. The third-order valence-electron chi connectivity index (χ3n) is 3.31. The van der Waals surface area contributed by atoms with Crippen LogP contribution in [-0.2, 0) is 11.3 Å². The molecular formula is C16H22N4O. The second-order valence-corrected chi connectivity index (χ2v) is 5.45. The molecule has 112 valence electrons. The van der Waals surface area contributed by atoms with Crippen LogP contribution in [-0.4, -0.2) is 15.5 Å². The highest BCUT2D eigenvalue weighted by Crippen LogP contribution is 2.20. The van der Waals surface area contributed by atoms with E-state index in [1.807, 2.05) is 37.6 Å². The third kappa shape index (κ3) is 3.84. The Morgan fingerprint density at radius 2 is 2.14 bits per heavy atom. The van der Waals surface area contributed by atoms with Crippen LogP contribution in [0.3, 0.4) is 0 Å². The molecule has 0 atom stereocenters. The van der Waals surface area contributed by atoms with Gasteiger partial charge in [-0.05, 0) is 44.5 Å². The fraction of sp³-hybridized carbons (Fsp3) is 0.375. The number of benzene rings is 1. The zero-order valence-electron chi connectivity index (χ0n) is 13.0. The molecule has 2 aromatic rings. The first-order valence-corrected chi connectivity index (χ1v) is 7.10. The maximum absolute atomic E-state index is 11.1. The number of nitrogens with zero attached hydrogens (tertiary/aromatic N) is 2. The minimum absolute atomic E-state index is 0.0559. The van der Waals surface area contributed by atoms with Gasteiger partial charge in [0.15, 0.2) is 0 Å². The van der Waals surface area contributed by atoms with E-state index in [0.29, 0.717) is 6.04 Å². The first-order valence-electron chi connectivity index (χ1n) is 7.10. The normalized spacial score (nSPS) is 10.7. The van der Waals surface area contributed by atoms with Gasteiger partial charge in [-0.15, -0.1) is 0 Å². The lowest BCUT2D eigenvalue weighted by atomic mass is 10.1. The molecule has 21 heavy (non-hydrogen) atoms. The summed E-state index contributed by atoms with van der Waals surface area (Å²) in [5.74, 6) is -0.0559. The van der Waals surface area contributed by atoms with E-state index in [1.165, 1.54) is 6.92 Å². The number of carbonyl (C=O) groups excluding carboxylic acids is 1. The Hall–Kier alpha value is -2.30. The lowest BCUT2D eigenvalue weighted by Gasteiger charge is -2.14. The number of aryl methyl sites for hydroxylation is 1. The Bertz CT molecular complexity index is 631. The standard InChI is InChI=1S/C16H22N4O/c1-11(2)20-10-17-8-15(20)9-18-14-5-6-16(12(3)7-14)19-13(4)21/h5-8,10-11,18H,9H2,1-4H3,(H,19,21). The van der Waals surface area contributed by atoms with Crippen molar-refractivity contribution < 1.29 is 4.79 Å². The predicted octanol–water partition coefficient (Wildman–Crippen LogP) is 3.34. The van der Waals surface area contributed by atoms with E-state index in [-0.39, 0.29) is 5.91 Å². The van der Waals surface area contributed by atoms with Crippen LogP contribution in [0.4, 0.5) is 11.4 Å². The number of hydrogen-bond acceptors (Lipinski definition) is 3. The first-order chi connectivity index (χ1) is 9.97. The summed E-state index contributed by atoms with van der Waals surface area (Å²) >= 11 is 0. The topological polar surface area (TPSA) is 59.0 Å². The highest BCUT2D eigenvalue weighted by Gasteiger charge is 2.06. The Balaban J connectivity index is 2.05. The van der Waals surface area contributed by atoms with Gasteiger partial charge < -0.3 is 15.2 Å². The number of anilines is 2. The van der Waals surface area contributed by atoms with E-state index in [0.717, 1.165) is 29.2 Å². The molecule has 1 aromatic heterocycles. The van der Waals surface area contributed by atoms with Crippen LogP contribution in [0.5, 0.6) is 0 Å². The molecule has 1 heterocycles. The van der Waals surface area contributed by atoms with Crippen LogP contribution in [0.1, 0.15) is 38.1 Å². The second kappa shape index (κ2) is 6.43. The van der Waals surface area contributed by atoms with Crippen LogP contribution < -0.4 is 10.6 Å². The Morgan fingerprint density at radius 1 is 1.38 bits per heavy atom. The molecule has 0 saturated heterocycles. The van der Waals surface area contributed by atoms with Gasteiger partial charge in [-0.2, -0.15) is 0 Å². The van der Waals surface area contributed by atoms with Crippen molar-refractivity contribution in [2.24, 2.45) is 0 Å². The van der Waals surface area contributed by atoms with Crippen molar-refractivity contribution >= 4 is 17.3 Å². The number of imidazole rings is 1. The summed E-state index contributed by atoms with van der Waals surface area (Å²) < 4.78 is 2.14. The molecule has 2 N–H and O–H groups in total. The van der Waals surface area contributed by atoms with Crippen LogP contribution in [0.15, 0.2) is 30.7 Å². The predicted molar refractivity (Wildman–Crippen MR) is 85.4 cm³/mol. The SMILES string of the molecule is CC(=O)Nc1ccc(NCc2cncn2C(C)C)cc1C. The number of amides is 1. The van der Waals surface area contributed by atoms with Gasteiger partial charge in [0.1, 0.15) is 0 Å². The lowest BCUT2D eigenvalue weighted by Crippen LogP contribution is -2.10. The van der Waals surface area contributed by atoms with Crippen molar-refractivity contribution in [2.75, 3.05) is 10.6 Å². The molecule has 0 fully saturated rings. The highest BCUT2D eigenvalue weighted by molar-refractivity contribution is 5.89. The quantitative estimate of drug-likeness (QED) is 0.886. The summed E-state index contributed by atoms with van der Waals surface area (Å²) in [5.41, 5.74) is 4.06. The molecule has 0 radical (unpaired) electrons. The van der Waals surface area contributed by atoms with Crippen LogP contribution in [0, 0.1) is 6.92 Å². The van der Waals surface area contributed by atoms with Gasteiger partial charge in [-0.1, -0.05) is 0 Å². The molecule has 0 unspecified atom stereocenters. The number of hydrogen-bond donors (Lipinski definition) is 2. The minimum Gasteiger partial charge on any atom is -0.379 e. The number of carbonyl (C=O) groups is 1. The molecule has 0 saturated carbocycles. The maximum atomic E-state index is 11.1. The molecule has 0 aliphatic heterocycles. The van der Waals surface area contributed by atoms with Crippen LogP contribution in [0.25, 0.3) is 0 Å². The van der Waals surface area contributed by atoms with Gasteiger partial charge in [0.25, 0.3) is 0 Å². The molecule has 0 aliphatic rings. The van der Waals surface area contributed by atoms with Gasteiger partial charge in [0, 0.05) is 30.5 Å². The average molecular weight is 286 g/mol. The van der Waals surface area contributed by atoms with E-state index < -0.39 is 0 Å². The van der Waals surface area contributed by atoms with Crippen molar-refractivity contribution in [3.05, 3.63) is 42.0 Å². The van der Waals surface area contributed by atoms with Crippen LogP contribution in [0.2, 0.25) is 0 Å². The van der Waals surface area contributed by atoms with Crippen molar-refractivity contribution in [2.45, 2.75) is 40.3 Å². The smallest absolute Gasteiger partial charge is 0.221 e. The summed E-state index contributed by atoms with van der Waals surface area (Å²) in [6, 6.07) is 6.31. The van der Waals surface area contributed by atoms with Gasteiger partial charge in [0.2, 0.25) is 5.91 Å². The zero-order valence-corrected chi connectivity index (χ0v) is 13.0. The summed E-state index contributed by atoms with van der Waals surface area (Å²) in [6.07, 6.45) is 3.73. The van der Waals surface area contributed by atoms with Crippen molar-refractivity contribution in [3.8, 4) is 0 Å². The van der Waals surface area contributed by atoms with E-state index in [2.05, 4.69) is 34.0 Å². The summed E-state index contributed by atoms with van der Waals surface area (Å²) in [5, 5.41) is 6.20. The molecule has 0 aliphatic carbocycles. The molecule has 0 spiro atoms. The molecule has 2 rings (SSSR count). The van der Waals surface area contributed by atoms with Crippen molar-refractivity contribution in [1.29, 1.82) is 0 Å². The molecule has 0 bridgehead atoms. The van der Waals surface area contributed by atoms with Crippen molar-refractivity contribution in [3.63, 3.8) is 0 Å². The van der Waals surface area contributed by atoms with Gasteiger partial charge in [0.05, 0.1) is 18.6 Å². The Kier molecular flexibility index (Phi) is 4.62. The molecular weight excluding hydrogens is 264 g/mol. The number of rotatable bonds is 5. The lowest BCUT2D eigenvalue weighted by molar-refractivity contribution is -0.114. The average Bonchev–Trinajstić information content (AvgIpc) is 2.87. The zero-order chi connectivity index (χ0) is 15.4. The monoisotopic (exact) mass is 286 g/mol. The Morgan fingerprint density at radius 3 is 2.76 bits per heavy atom.